The van der Waals surface area contributed by atoms with Gasteiger partial charge < -0.3 is 14.5 Å². The minimum Gasteiger partial charge on any atom is -0.457 e. The molecule has 4 aromatic rings. The number of hydrogen-bond donors (Lipinski definition) is 0. The van der Waals surface area contributed by atoms with Crippen LogP contribution in [0.1, 0.15) is 10.4 Å². The average Bonchev–Trinajstić information content (AvgIpc) is 2.91. The van der Waals surface area contributed by atoms with Crippen molar-refractivity contribution in [2.24, 2.45) is 0 Å². The molecule has 35 heavy (non-hydrogen) atoms. The fraction of sp³-hybridized carbons (Fsp3) is 0.148. The largest absolute Gasteiger partial charge is 0.457 e. The Hall–Kier alpha value is -3.97. The molecule has 3 aromatic carbocycles. The van der Waals surface area contributed by atoms with Gasteiger partial charge in [-0.25, -0.2) is 14.4 Å². The van der Waals surface area contributed by atoms with E-state index in [4.69, 9.17) is 21.3 Å². The Morgan fingerprint density at radius 3 is 2.34 bits per heavy atom. The van der Waals surface area contributed by atoms with E-state index in [1.807, 2.05) is 65.6 Å². The van der Waals surface area contributed by atoms with Crippen molar-refractivity contribution in [3.63, 3.8) is 0 Å². The van der Waals surface area contributed by atoms with Crippen LogP contribution in [0, 0.1) is 5.82 Å². The van der Waals surface area contributed by atoms with Crippen LogP contribution < -0.4 is 9.64 Å². The number of para-hydroxylation sites is 1. The molecule has 1 fully saturated rings. The Balaban J connectivity index is 1.24. The molecule has 2 heterocycles. The van der Waals surface area contributed by atoms with Gasteiger partial charge in [0.2, 0.25) is 5.95 Å². The first-order valence-corrected chi connectivity index (χ1v) is 11.6. The van der Waals surface area contributed by atoms with Gasteiger partial charge in [0.15, 0.2) is 0 Å². The first-order valence-electron chi connectivity index (χ1n) is 11.2. The van der Waals surface area contributed by atoms with Crippen LogP contribution >= 0.6 is 11.6 Å². The summed E-state index contributed by atoms with van der Waals surface area (Å²) in [6.45, 7) is 2.05. The molecule has 6 nitrogen and oxygen atoms in total. The minimum atomic E-state index is -0.485. The first kappa shape index (κ1) is 22.8. The summed E-state index contributed by atoms with van der Waals surface area (Å²) in [6, 6.07) is 23.0. The van der Waals surface area contributed by atoms with Crippen molar-refractivity contribution in [1.82, 2.24) is 14.9 Å². The molecule has 176 valence electrons. The number of carbonyl (C=O) groups excluding carboxylic acids is 1. The third kappa shape index (κ3) is 5.25. The second-order valence-corrected chi connectivity index (χ2v) is 8.49. The number of hydrogen-bond acceptors (Lipinski definition) is 5. The van der Waals surface area contributed by atoms with E-state index in [2.05, 4.69) is 4.98 Å². The highest BCUT2D eigenvalue weighted by molar-refractivity contribution is 6.33. The standard InChI is InChI=1S/C27H22ClFN4O2/c28-24-11-8-20(29)18-23(24)26(34)32-14-16-33(17-15-32)27-30-13-12-25(31-27)19-6-9-22(10-7-19)35-21-4-2-1-3-5-21/h1-13,18H,14-17H2. The summed E-state index contributed by atoms with van der Waals surface area (Å²) in [5.41, 5.74) is 1.92. The number of nitrogens with zero attached hydrogens (tertiary/aromatic N) is 4. The van der Waals surface area contributed by atoms with E-state index in [1.54, 1.807) is 11.1 Å². The van der Waals surface area contributed by atoms with Crippen LogP contribution in [-0.2, 0) is 0 Å². The number of amides is 1. The van der Waals surface area contributed by atoms with Gasteiger partial charge in [0.05, 0.1) is 16.3 Å². The Morgan fingerprint density at radius 2 is 1.60 bits per heavy atom. The van der Waals surface area contributed by atoms with Gasteiger partial charge in [-0.3, -0.25) is 4.79 Å². The second kappa shape index (κ2) is 10.1. The Kier molecular flexibility index (Phi) is 6.59. The highest BCUT2D eigenvalue weighted by Gasteiger charge is 2.25. The number of benzene rings is 3. The molecule has 1 saturated heterocycles. The van der Waals surface area contributed by atoms with Crippen LogP contribution in [0.4, 0.5) is 10.3 Å². The molecule has 0 N–H and O–H groups in total. The van der Waals surface area contributed by atoms with Crippen LogP contribution in [0.3, 0.4) is 0 Å². The van der Waals surface area contributed by atoms with Crippen molar-refractivity contribution >= 4 is 23.5 Å². The summed E-state index contributed by atoms with van der Waals surface area (Å²) in [6.07, 6.45) is 1.73. The molecule has 0 unspecified atom stereocenters. The lowest BCUT2D eigenvalue weighted by Crippen LogP contribution is -2.49. The number of halogens is 2. The molecule has 1 aromatic heterocycles. The van der Waals surface area contributed by atoms with Crippen molar-refractivity contribution in [2.75, 3.05) is 31.1 Å². The quantitative estimate of drug-likeness (QED) is 0.361. The van der Waals surface area contributed by atoms with Crippen molar-refractivity contribution < 1.29 is 13.9 Å². The summed E-state index contributed by atoms with van der Waals surface area (Å²) in [5.74, 6) is 1.36. The normalized spacial score (nSPS) is 13.5. The molecule has 0 spiro atoms. The maximum absolute atomic E-state index is 13.6. The number of piperazine rings is 1. The van der Waals surface area contributed by atoms with E-state index >= 15 is 0 Å². The molecule has 1 aliphatic rings. The van der Waals surface area contributed by atoms with Gasteiger partial charge in [-0.2, -0.15) is 0 Å². The van der Waals surface area contributed by atoms with Gasteiger partial charge in [0.1, 0.15) is 17.3 Å². The van der Waals surface area contributed by atoms with E-state index in [0.29, 0.717) is 32.1 Å². The van der Waals surface area contributed by atoms with Crippen LogP contribution in [0.2, 0.25) is 5.02 Å². The van der Waals surface area contributed by atoms with E-state index in [1.165, 1.54) is 18.2 Å². The van der Waals surface area contributed by atoms with Crippen LogP contribution in [0.5, 0.6) is 11.5 Å². The smallest absolute Gasteiger partial charge is 0.255 e. The topological polar surface area (TPSA) is 58.6 Å². The van der Waals surface area contributed by atoms with Crippen LogP contribution in [0.15, 0.2) is 85.1 Å². The predicted octanol–water partition coefficient (Wildman–Crippen LogP) is 5.69. The minimum absolute atomic E-state index is 0.179. The monoisotopic (exact) mass is 488 g/mol. The molecular weight excluding hydrogens is 467 g/mol. The summed E-state index contributed by atoms with van der Waals surface area (Å²) in [4.78, 5) is 25.7. The molecule has 0 aliphatic carbocycles. The lowest BCUT2D eigenvalue weighted by molar-refractivity contribution is 0.0746. The van der Waals surface area contributed by atoms with E-state index in [9.17, 15) is 9.18 Å². The maximum Gasteiger partial charge on any atom is 0.255 e. The summed E-state index contributed by atoms with van der Waals surface area (Å²) >= 11 is 6.11. The zero-order chi connectivity index (χ0) is 24.2. The van der Waals surface area contributed by atoms with Gasteiger partial charge >= 0.3 is 0 Å². The van der Waals surface area contributed by atoms with Gasteiger partial charge in [0, 0.05) is 37.9 Å². The molecule has 0 atom stereocenters. The fourth-order valence-corrected chi connectivity index (χ4v) is 4.12. The third-order valence-electron chi connectivity index (χ3n) is 5.78. The summed E-state index contributed by atoms with van der Waals surface area (Å²) < 4.78 is 19.5. The highest BCUT2D eigenvalue weighted by atomic mass is 35.5. The van der Waals surface area contributed by atoms with Crippen molar-refractivity contribution in [3.05, 3.63) is 101 Å². The van der Waals surface area contributed by atoms with Gasteiger partial charge in [-0.05, 0) is 60.7 Å². The molecule has 0 bridgehead atoms. The number of aromatic nitrogens is 2. The van der Waals surface area contributed by atoms with Crippen molar-refractivity contribution in [2.45, 2.75) is 0 Å². The predicted molar refractivity (Wildman–Crippen MR) is 134 cm³/mol. The molecule has 8 heteroatoms. The van der Waals surface area contributed by atoms with Crippen molar-refractivity contribution in [1.29, 1.82) is 0 Å². The zero-order valence-corrected chi connectivity index (χ0v) is 19.5. The molecule has 0 saturated carbocycles. The summed E-state index contributed by atoms with van der Waals surface area (Å²) in [7, 11) is 0. The van der Waals surface area contributed by atoms with Gasteiger partial charge in [-0.1, -0.05) is 29.8 Å². The second-order valence-electron chi connectivity index (χ2n) is 8.08. The molecular formula is C27H22ClFN4O2. The number of rotatable bonds is 5. The maximum atomic E-state index is 13.6. The van der Waals surface area contributed by atoms with Crippen molar-refractivity contribution in [3.8, 4) is 22.8 Å². The molecule has 0 radical (unpaired) electrons. The highest BCUT2D eigenvalue weighted by Crippen LogP contribution is 2.26. The summed E-state index contributed by atoms with van der Waals surface area (Å²) in [5, 5.41) is 0.245. The third-order valence-corrected chi connectivity index (χ3v) is 6.11. The van der Waals surface area contributed by atoms with E-state index in [0.717, 1.165) is 22.8 Å². The van der Waals surface area contributed by atoms with E-state index in [-0.39, 0.29) is 16.5 Å². The Bertz CT molecular complexity index is 1330. The number of anilines is 1. The first-order chi connectivity index (χ1) is 17.1. The lowest BCUT2D eigenvalue weighted by Gasteiger charge is -2.35. The SMILES string of the molecule is O=C(c1cc(F)ccc1Cl)N1CCN(c2nccc(-c3ccc(Oc4ccccc4)cc3)n2)CC1. The Labute approximate surface area is 207 Å². The zero-order valence-electron chi connectivity index (χ0n) is 18.8. The Morgan fingerprint density at radius 1 is 0.886 bits per heavy atom. The average molecular weight is 489 g/mol. The lowest BCUT2D eigenvalue weighted by atomic mass is 10.1. The van der Waals surface area contributed by atoms with Gasteiger partial charge in [0.25, 0.3) is 5.91 Å². The molecule has 1 aliphatic heterocycles. The fourth-order valence-electron chi connectivity index (χ4n) is 3.92. The van der Waals surface area contributed by atoms with Gasteiger partial charge in [-0.15, -0.1) is 0 Å². The number of carbonyl (C=O) groups is 1. The van der Waals surface area contributed by atoms with Crippen LogP contribution in [-0.4, -0.2) is 47.0 Å². The number of ether oxygens (including phenoxy) is 1. The molecule has 1 amide bonds. The van der Waals surface area contributed by atoms with Crippen LogP contribution in [0.25, 0.3) is 11.3 Å². The molecule has 5 rings (SSSR count). The van der Waals surface area contributed by atoms with E-state index < -0.39 is 5.82 Å².